The molecule has 2 N–H and O–H groups in total. The van der Waals surface area contributed by atoms with Crippen molar-refractivity contribution in [3.05, 3.63) is 43.0 Å². The summed E-state index contributed by atoms with van der Waals surface area (Å²) in [5, 5.41) is 0.536. The maximum atomic E-state index is 12.8. The fourth-order valence-electron chi connectivity index (χ4n) is 2.09. The third-order valence-electron chi connectivity index (χ3n) is 3.25. The molecule has 0 aliphatic heterocycles. The highest BCUT2D eigenvalue weighted by Gasteiger charge is 2.36. The quantitative estimate of drug-likeness (QED) is 0.761. The number of carbonyl (C=O) groups excluding carboxylic acids is 1. The monoisotopic (exact) mass is 404 g/mol. The molecule has 0 unspecified atom stereocenters. The van der Waals surface area contributed by atoms with Gasteiger partial charge in [0.1, 0.15) is 4.34 Å². The van der Waals surface area contributed by atoms with Crippen molar-refractivity contribution in [3.63, 3.8) is 0 Å². The summed E-state index contributed by atoms with van der Waals surface area (Å²) in [5.74, 6) is -0.110. The third kappa shape index (κ3) is 2.93. The van der Waals surface area contributed by atoms with Crippen molar-refractivity contribution in [2.24, 2.45) is 0 Å². The van der Waals surface area contributed by atoms with Gasteiger partial charge >= 0.3 is 0 Å². The van der Waals surface area contributed by atoms with Crippen LogP contribution in [-0.2, 0) is 0 Å². The van der Waals surface area contributed by atoms with E-state index in [4.69, 9.17) is 28.9 Å². The van der Waals surface area contributed by atoms with Crippen LogP contribution in [0.15, 0.2) is 28.7 Å². The Balaban J connectivity index is 2.02. The van der Waals surface area contributed by atoms with Gasteiger partial charge in [0.25, 0.3) is 5.91 Å². The molecule has 1 aliphatic carbocycles. The van der Waals surface area contributed by atoms with Crippen molar-refractivity contribution < 1.29 is 4.79 Å². The molecule has 0 radical (unpaired) electrons. The second kappa shape index (κ2) is 5.80. The predicted octanol–water partition coefficient (Wildman–Crippen LogP) is 5.21. The van der Waals surface area contributed by atoms with E-state index in [9.17, 15) is 4.79 Å². The lowest BCUT2D eigenvalue weighted by molar-refractivity contribution is 0.0989. The first-order valence-corrected chi connectivity index (χ1v) is 8.68. The highest BCUT2D eigenvalue weighted by atomic mass is 79.9. The summed E-state index contributed by atoms with van der Waals surface area (Å²) in [6, 6.07) is 7.37. The number of nitrogens with two attached hydrogens (primary N) is 1. The maximum absolute atomic E-state index is 12.8. The topological polar surface area (TPSA) is 46.3 Å². The molecule has 1 saturated carbocycles. The summed E-state index contributed by atoms with van der Waals surface area (Å²) in [6.45, 7) is 0. The fourth-order valence-corrected chi connectivity index (χ4v) is 3.71. The molecule has 2 aromatic rings. The molecule has 1 aromatic heterocycles. The number of nitrogens with zero attached hydrogens (tertiary/aromatic N) is 1. The summed E-state index contributed by atoms with van der Waals surface area (Å²) in [5.41, 5.74) is 6.88. The zero-order valence-corrected chi connectivity index (χ0v) is 14.7. The molecular formula is C14H11BrCl2N2OS. The van der Waals surface area contributed by atoms with Gasteiger partial charge in [-0.3, -0.25) is 4.79 Å². The van der Waals surface area contributed by atoms with Gasteiger partial charge in [0.05, 0.1) is 21.3 Å². The standard InChI is InChI=1S/C14H11BrCl2N2OS/c15-8-2-1-3-10(12(8)16)19(7-4-5-7)14(20)11-6-9(18)13(17)21-11/h1-3,6-7H,4-5,18H2. The summed E-state index contributed by atoms with van der Waals surface area (Å²) in [4.78, 5) is 15.1. The van der Waals surface area contributed by atoms with Gasteiger partial charge in [-0.05, 0) is 47.0 Å². The fraction of sp³-hybridized carbons (Fsp3) is 0.214. The van der Waals surface area contributed by atoms with Gasteiger partial charge in [-0.25, -0.2) is 0 Å². The van der Waals surface area contributed by atoms with Crippen molar-refractivity contribution >= 4 is 67.8 Å². The number of carbonyl (C=O) groups is 1. The lowest BCUT2D eigenvalue weighted by Crippen LogP contribution is -2.32. The Labute approximate surface area is 144 Å². The minimum Gasteiger partial charge on any atom is -0.397 e. The molecule has 1 fully saturated rings. The molecule has 7 heteroatoms. The number of halogens is 3. The van der Waals surface area contributed by atoms with E-state index in [-0.39, 0.29) is 11.9 Å². The molecule has 1 amide bonds. The largest absolute Gasteiger partial charge is 0.397 e. The third-order valence-corrected chi connectivity index (χ3v) is 5.91. The summed E-state index contributed by atoms with van der Waals surface area (Å²) in [7, 11) is 0. The minimum atomic E-state index is -0.110. The van der Waals surface area contributed by atoms with E-state index in [1.165, 1.54) is 11.3 Å². The zero-order chi connectivity index (χ0) is 15.1. The van der Waals surface area contributed by atoms with Crippen LogP contribution in [0.25, 0.3) is 0 Å². The van der Waals surface area contributed by atoms with Crippen LogP contribution in [0.4, 0.5) is 11.4 Å². The van der Waals surface area contributed by atoms with Gasteiger partial charge in [-0.2, -0.15) is 0 Å². The van der Waals surface area contributed by atoms with Gasteiger partial charge in [0.2, 0.25) is 0 Å². The number of hydrogen-bond donors (Lipinski definition) is 1. The van der Waals surface area contributed by atoms with Crippen LogP contribution < -0.4 is 10.6 Å². The summed E-state index contributed by atoms with van der Waals surface area (Å²) in [6.07, 6.45) is 1.95. The molecular weight excluding hydrogens is 395 g/mol. The van der Waals surface area contributed by atoms with E-state index < -0.39 is 0 Å². The average molecular weight is 406 g/mol. The van der Waals surface area contributed by atoms with Gasteiger partial charge in [-0.15, -0.1) is 11.3 Å². The van der Waals surface area contributed by atoms with Crippen LogP contribution in [0, 0.1) is 0 Å². The smallest absolute Gasteiger partial charge is 0.268 e. The number of nitrogen functional groups attached to an aromatic ring is 1. The summed E-state index contributed by atoms with van der Waals surface area (Å²) >= 11 is 16.9. The normalized spacial score (nSPS) is 14.2. The molecule has 3 rings (SSSR count). The Morgan fingerprint density at radius 3 is 2.67 bits per heavy atom. The Kier molecular flexibility index (Phi) is 4.19. The zero-order valence-electron chi connectivity index (χ0n) is 10.8. The molecule has 0 spiro atoms. The highest BCUT2D eigenvalue weighted by Crippen LogP contribution is 2.41. The first-order chi connectivity index (χ1) is 9.99. The molecule has 3 nitrogen and oxygen atoms in total. The van der Waals surface area contributed by atoms with E-state index in [0.29, 0.717) is 25.6 Å². The van der Waals surface area contributed by atoms with Gasteiger partial charge < -0.3 is 10.6 Å². The number of rotatable bonds is 3. The van der Waals surface area contributed by atoms with Crippen LogP contribution in [-0.4, -0.2) is 11.9 Å². The van der Waals surface area contributed by atoms with E-state index in [0.717, 1.165) is 17.3 Å². The number of amides is 1. The van der Waals surface area contributed by atoms with E-state index in [2.05, 4.69) is 15.9 Å². The number of thiophene rings is 1. The molecule has 110 valence electrons. The van der Waals surface area contributed by atoms with Crippen LogP contribution in [0.3, 0.4) is 0 Å². The van der Waals surface area contributed by atoms with Crippen molar-refractivity contribution in [2.75, 3.05) is 10.6 Å². The highest BCUT2D eigenvalue weighted by molar-refractivity contribution is 9.10. The van der Waals surface area contributed by atoms with Crippen LogP contribution in [0.5, 0.6) is 0 Å². The molecule has 0 saturated heterocycles. The van der Waals surface area contributed by atoms with Crippen LogP contribution in [0.2, 0.25) is 9.36 Å². The van der Waals surface area contributed by atoms with Crippen LogP contribution in [0.1, 0.15) is 22.5 Å². The Morgan fingerprint density at radius 2 is 2.10 bits per heavy atom. The van der Waals surface area contributed by atoms with Crippen molar-refractivity contribution in [2.45, 2.75) is 18.9 Å². The van der Waals surface area contributed by atoms with E-state index in [1.807, 2.05) is 18.2 Å². The predicted molar refractivity (Wildman–Crippen MR) is 92.7 cm³/mol. The number of anilines is 2. The Hall–Kier alpha value is -0.750. The lowest BCUT2D eigenvalue weighted by atomic mass is 10.2. The molecule has 1 heterocycles. The number of hydrogen-bond acceptors (Lipinski definition) is 3. The average Bonchev–Trinajstić information content (AvgIpc) is 3.21. The minimum absolute atomic E-state index is 0.110. The van der Waals surface area contributed by atoms with Crippen molar-refractivity contribution in [3.8, 4) is 0 Å². The maximum Gasteiger partial charge on any atom is 0.268 e. The molecule has 1 aromatic carbocycles. The van der Waals surface area contributed by atoms with Crippen molar-refractivity contribution in [1.29, 1.82) is 0 Å². The second-order valence-corrected chi connectivity index (χ2v) is 7.71. The van der Waals surface area contributed by atoms with Gasteiger partial charge in [0.15, 0.2) is 0 Å². The first kappa shape index (κ1) is 15.2. The van der Waals surface area contributed by atoms with Crippen molar-refractivity contribution in [1.82, 2.24) is 0 Å². The molecule has 1 aliphatic rings. The van der Waals surface area contributed by atoms with Crippen LogP contribution >= 0.6 is 50.5 Å². The van der Waals surface area contributed by atoms with Gasteiger partial charge in [0, 0.05) is 10.5 Å². The first-order valence-electron chi connectivity index (χ1n) is 6.31. The van der Waals surface area contributed by atoms with Gasteiger partial charge in [-0.1, -0.05) is 29.3 Å². The molecule has 0 atom stereocenters. The lowest BCUT2D eigenvalue weighted by Gasteiger charge is -2.23. The Morgan fingerprint density at radius 1 is 1.38 bits per heavy atom. The molecule has 0 bridgehead atoms. The number of benzene rings is 1. The Bertz CT molecular complexity index is 695. The second-order valence-electron chi connectivity index (χ2n) is 4.82. The van der Waals surface area contributed by atoms with E-state index >= 15 is 0 Å². The van der Waals surface area contributed by atoms with E-state index in [1.54, 1.807) is 11.0 Å². The summed E-state index contributed by atoms with van der Waals surface area (Å²) < 4.78 is 1.21. The molecule has 21 heavy (non-hydrogen) atoms. The SMILES string of the molecule is Nc1cc(C(=O)N(c2cccc(Br)c2Cl)C2CC2)sc1Cl.